The molecular weight excluding hydrogens is 416 g/mol. The number of carbonyl (C=O) groups excluding carboxylic acids is 1. The van der Waals surface area contributed by atoms with Crippen molar-refractivity contribution in [1.29, 1.82) is 0 Å². The molecule has 1 aliphatic heterocycles. The lowest BCUT2D eigenvalue weighted by Crippen LogP contribution is -2.43. The van der Waals surface area contributed by atoms with E-state index in [0.717, 1.165) is 12.1 Å². The first-order chi connectivity index (χ1) is 12.8. The van der Waals surface area contributed by atoms with Gasteiger partial charge >= 0.3 is 5.97 Å². The summed E-state index contributed by atoms with van der Waals surface area (Å²) in [5.41, 5.74) is 0. The molecule has 2 aromatic carbocycles. The minimum atomic E-state index is -3.82. The predicted octanol–water partition coefficient (Wildman–Crippen LogP) is 4.14. The second-order valence-corrected chi connectivity index (χ2v) is 8.93. The van der Waals surface area contributed by atoms with Gasteiger partial charge in [0.2, 0.25) is 10.0 Å². The molecule has 27 heavy (non-hydrogen) atoms. The van der Waals surface area contributed by atoms with E-state index in [1.807, 2.05) is 0 Å². The molecule has 5 nitrogen and oxygen atoms in total. The molecule has 1 atom stereocenters. The van der Waals surface area contributed by atoms with Crippen molar-refractivity contribution < 1.29 is 22.3 Å². The van der Waals surface area contributed by atoms with Gasteiger partial charge in [0, 0.05) is 18.1 Å². The van der Waals surface area contributed by atoms with Crippen molar-refractivity contribution in [2.24, 2.45) is 5.92 Å². The molecule has 0 N–H and O–H groups in total. The van der Waals surface area contributed by atoms with Gasteiger partial charge in [-0.2, -0.15) is 4.31 Å². The van der Waals surface area contributed by atoms with Crippen LogP contribution in [0.25, 0.3) is 0 Å². The Balaban J connectivity index is 1.73. The molecule has 0 saturated carbocycles. The maximum Gasteiger partial charge on any atom is 0.315 e. The van der Waals surface area contributed by atoms with Crippen LogP contribution in [0.5, 0.6) is 5.75 Å². The lowest BCUT2D eigenvalue weighted by atomic mass is 10.00. The Morgan fingerprint density at radius 2 is 1.85 bits per heavy atom. The molecule has 1 fully saturated rings. The van der Waals surface area contributed by atoms with Crippen molar-refractivity contribution >= 4 is 39.2 Å². The van der Waals surface area contributed by atoms with E-state index < -0.39 is 27.7 Å². The summed E-state index contributed by atoms with van der Waals surface area (Å²) in [6, 6.07) is 9.08. The third-order valence-electron chi connectivity index (χ3n) is 4.27. The van der Waals surface area contributed by atoms with E-state index in [9.17, 15) is 17.6 Å². The fourth-order valence-corrected chi connectivity index (χ4v) is 4.83. The van der Waals surface area contributed by atoms with Gasteiger partial charge < -0.3 is 4.74 Å². The van der Waals surface area contributed by atoms with Gasteiger partial charge in [-0.1, -0.05) is 23.2 Å². The quantitative estimate of drug-likeness (QED) is 0.538. The molecule has 0 amide bonds. The predicted molar refractivity (Wildman–Crippen MR) is 100.0 cm³/mol. The van der Waals surface area contributed by atoms with Crippen LogP contribution in [0.1, 0.15) is 12.8 Å². The van der Waals surface area contributed by atoms with Gasteiger partial charge in [-0.3, -0.25) is 4.79 Å². The van der Waals surface area contributed by atoms with Crippen molar-refractivity contribution in [2.75, 3.05) is 13.1 Å². The number of carbonyl (C=O) groups is 1. The average molecular weight is 432 g/mol. The van der Waals surface area contributed by atoms with Crippen LogP contribution in [-0.2, 0) is 14.8 Å². The molecular formula is C18H16Cl2FNO4S. The third kappa shape index (κ3) is 4.60. The van der Waals surface area contributed by atoms with Gasteiger partial charge in [0.25, 0.3) is 0 Å². The number of benzene rings is 2. The van der Waals surface area contributed by atoms with E-state index in [4.69, 9.17) is 27.9 Å². The van der Waals surface area contributed by atoms with Crippen LogP contribution in [0, 0.1) is 11.7 Å². The van der Waals surface area contributed by atoms with E-state index >= 15 is 0 Å². The van der Waals surface area contributed by atoms with Crippen LogP contribution >= 0.6 is 23.2 Å². The summed E-state index contributed by atoms with van der Waals surface area (Å²) < 4.78 is 45.1. The van der Waals surface area contributed by atoms with Crippen LogP contribution in [0.15, 0.2) is 47.4 Å². The standard InChI is InChI=1S/C18H16Cl2FNO4S/c19-13-3-8-17(16(20)10-13)26-18(23)12-2-1-9-22(11-12)27(24,25)15-6-4-14(21)5-7-15/h3-8,10,12H,1-2,9,11H2. The number of halogens is 3. The molecule has 1 saturated heterocycles. The first-order valence-electron chi connectivity index (χ1n) is 8.20. The number of ether oxygens (including phenoxy) is 1. The van der Waals surface area contributed by atoms with Crippen LogP contribution in [0.2, 0.25) is 10.0 Å². The smallest absolute Gasteiger partial charge is 0.315 e. The highest BCUT2D eigenvalue weighted by molar-refractivity contribution is 7.89. The summed E-state index contributed by atoms with van der Waals surface area (Å²) in [4.78, 5) is 12.5. The van der Waals surface area contributed by atoms with E-state index in [1.54, 1.807) is 6.07 Å². The molecule has 0 aliphatic carbocycles. The molecule has 0 spiro atoms. The first kappa shape index (κ1) is 20.1. The Morgan fingerprint density at radius 3 is 2.52 bits per heavy atom. The topological polar surface area (TPSA) is 63.7 Å². The minimum absolute atomic E-state index is 0.0102. The average Bonchev–Trinajstić information content (AvgIpc) is 2.64. The SMILES string of the molecule is O=C(Oc1ccc(Cl)cc1Cl)C1CCCN(S(=O)(=O)c2ccc(F)cc2)C1. The molecule has 1 heterocycles. The highest BCUT2D eigenvalue weighted by Gasteiger charge is 2.34. The lowest BCUT2D eigenvalue weighted by Gasteiger charge is -2.30. The maximum atomic E-state index is 13.1. The van der Waals surface area contributed by atoms with Gasteiger partial charge in [0.05, 0.1) is 15.8 Å². The van der Waals surface area contributed by atoms with Gasteiger partial charge in [0.1, 0.15) is 11.6 Å². The van der Waals surface area contributed by atoms with E-state index in [1.165, 1.54) is 28.6 Å². The van der Waals surface area contributed by atoms with Crippen LogP contribution in [0.3, 0.4) is 0 Å². The number of hydrogen-bond acceptors (Lipinski definition) is 4. The minimum Gasteiger partial charge on any atom is -0.425 e. The zero-order valence-electron chi connectivity index (χ0n) is 14.1. The summed E-state index contributed by atoms with van der Waals surface area (Å²) >= 11 is 11.8. The number of piperidine rings is 1. The van der Waals surface area contributed by atoms with Gasteiger partial charge in [-0.25, -0.2) is 12.8 Å². The molecule has 2 aromatic rings. The summed E-state index contributed by atoms with van der Waals surface area (Å²) in [5, 5.41) is 0.608. The fourth-order valence-electron chi connectivity index (χ4n) is 2.86. The Hall–Kier alpha value is -1.67. The Morgan fingerprint density at radius 1 is 1.15 bits per heavy atom. The highest BCUT2D eigenvalue weighted by atomic mass is 35.5. The number of hydrogen-bond donors (Lipinski definition) is 0. The molecule has 144 valence electrons. The molecule has 0 radical (unpaired) electrons. The van der Waals surface area contributed by atoms with Crippen molar-refractivity contribution in [1.82, 2.24) is 4.31 Å². The molecule has 3 rings (SSSR count). The van der Waals surface area contributed by atoms with Crippen molar-refractivity contribution in [2.45, 2.75) is 17.7 Å². The largest absolute Gasteiger partial charge is 0.425 e. The van der Waals surface area contributed by atoms with E-state index in [2.05, 4.69) is 0 Å². The first-order valence-corrected chi connectivity index (χ1v) is 10.4. The number of nitrogens with zero attached hydrogens (tertiary/aromatic N) is 1. The Bertz CT molecular complexity index is 950. The van der Waals surface area contributed by atoms with Crippen LogP contribution in [-0.4, -0.2) is 31.8 Å². The second-order valence-electron chi connectivity index (χ2n) is 6.15. The third-order valence-corrected chi connectivity index (χ3v) is 6.68. The van der Waals surface area contributed by atoms with Crippen LogP contribution < -0.4 is 4.74 Å². The zero-order valence-corrected chi connectivity index (χ0v) is 16.4. The van der Waals surface area contributed by atoms with Gasteiger partial charge in [-0.15, -0.1) is 0 Å². The van der Waals surface area contributed by atoms with Crippen molar-refractivity contribution in [3.05, 3.63) is 58.3 Å². The summed E-state index contributed by atoms with van der Waals surface area (Å²) in [6.45, 7) is 0.273. The van der Waals surface area contributed by atoms with Crippen LogP contribution in [0.4, 0.5) is 4.39 Å². The molecule has 9 heteroatoms. The lowest BCUT2D eigenvalue weighted by molar-refractivity contribution is -0.140. The van der Waals surface area contributed by atoms with E-state index in [-0.39, 0.29) is 28.8 Å². The summed E-state index contributed by atoms with van der Waals surface area (Å²) in [6.07, 6.45) is 1.01. The van der Waals surface area contributed by atoms with Gasteiger partial charge in [-0.05, 0) is 55.3 Å². The maximum absolute atomic E-state index is 13.1. The highest BCUT2D eigenvalue weighted by Crippen LogP contribution is 2.30. The fraction of sp³-hybridized carbons (Fsp3) is 0.278. The number of sulfonamides is 1. The van der Waals surface area contributed by atoms with E-state index in [0.29, 0.717) is 17.9 Å². The zero-order chi connectivity index (χ0) is 19.6. The van der Waals surface area contributed by atoms with Crippen molar-refractivity contribution in [3.63, 3.8) is 0 Å². The number of esters is 1. The summed E-state index contributed by atoms with van der Waals surface area (Å²) in [7, 11) is -3.82. The Labute approximate surface area is 166 Å². The molecule has 0 aromatic heterocycles. The molecule has 1 unspecified atom stereocenters. The summed E-state index contributed by atoms with van der Waals surface area (Å²) in [5.74, 6) is -1.53. The molecule has 1 aliphatic rings. The second kappa shape index (κ2) is 8.14. The molecule has 0 bridgehead atoms. The number of rotatable bonds is 4. The Kier molecular flexibility index (Phi) is 6.05. The van der Waals surface area contributed by atoms with Gasteiger partial charge in [0.15, 0.2) is 0 Å². The monoisotopic (exact) mass is 431 g/mol. The normalized spacial score (nSPS) is 18.3. The van der Waals surface area contributed by atoms with Crippen molar-refractivity contribution in [3.8, 4) is 5.75 Å².